The van der Waals surface area contributed by atoms with Crippen LogP contribution in [0, 0.1) is 11.8 Å². The standard InChI is InChI=1S/C16H21NO3/c1-19-16-7-8-17(13-16)9-11-20-15-6-2-4-14(12-15)5-3-10-18/h2,4,6,12,16,18H,7-11,13H2,1H3. The molecule has 2 rings (SSSR count). The number of nitrogens with zero attached hydrogens (tertiary/aromatic N) is 1. The first-order valence-corrected chi connectivity index (χ1v) is 6.89. The largest absolute Gasteiger partial charge is 0.492 e. The summed E-state index contributed by atoms with van der Waals surface area (Å²) in [5.41, 5.74) is 0.858. The van der Waals surface area contributed by atoms with Crippen molar-refractivity contribution in [3.05, 3.63) is 29.8 Å². The van der Waals surface area contributed by atoms with Gasteiger partial charge in [-0.15, -0.1) is 0 Å². The van der Waals surface area contributed by atoms with Gasteiger partial charge in [-0.25, -0.2) is 0 Å². The number of likely N-dealkylation sites (tertiary alicyclic amines) is 1. The SMILES string of the molecule is COC1CCN(CCOc2cccc(C#CCO)c2)C1. The zero-order valence-corrected chi connectivity index (χ0v) is 11.8. The van der Waals surface area contributed by atoms with Crippen LogP contribution in [0.25, 0.3) is 0 Å². The number of aliphatic hydroxyl groups excluding tert-OH is 1. The van der Waals surface area contributed by atoms with Crippen LogP contribution in [0.5, 0.6) is 5.75 Å². The molecular weight excluding hydrogens is 254 g/mol. The third-order valence-electron chi connectivity index (χ3n) is 3.38. The van der Waals surface area contributed by atoms with Crippen LogP contribution in [-0.2, 0) is 4.74 Å². The Bertz CT molecular complexity index is 478. The lowest BCUT2D eigenvalue weighted by Crippen LogP contribution is -2.27. The van der Waals surface area contributed by atoms with Crippen LogP contribution < -0.4 is 4.74 Å². The van der Waals surface area contributed by atoms with Gasteiger partial charge in [-0.3, -0.25) is 4.90 Å². The van der Waals surface area contributed by atoms with E-state index < -0.39 is 0 Å². The summed E-state index contributed by atoms with van der Waals surface area (Å²) in [7, 11) is 1.77. The molecular formula is C16H21NO3. The highest BCUT2D eigenvalue weighted by atomic mass is 16.5. The van der Waals surface area contributed by atoms with Gasteiger partial charge >= 0.3 is 0 Å². The van der Waals surface area contributed by atoms with Crippen LogP contribution in [0.2, 0.25) is 0 Å². The van der Waals surface area contributed by atoms with Crippen molar-refractivity contribution in [1.29, 1.82) is 0 Å². The summed E-state index contributed by atoms with van der Waals surface area (Å²) in [4.78, 5) is 2.35. The number of rotatable bonds is 5. The summed E-state index contributed by atoms with van der Waals surface area (Å²) in [6.45, 7) is 3.51. The van der Waals surface area contributed by atoms with Gasteiger partial charge in [-0.05, 0) is 24.6 Å². The lowest BCUT2D eigenvalue weighted by atomic mass is 10.2. The third-order valence-corrected chi connectivity index (χ3v) is 3.38. The molecule has 108 valence electrons. The maximum absolute atomic E-state index is 8.68. The molecule has 0 spiro atoms. The first kappa shape index (κ1) is 14.9. The summed E-state index contributed by atoms with van der Waals surface area (Å²) in [6, 6.07) is 7.63. The Kier molecular flexibility index (Phi) is 5.87. The fraction of sp³-hybridized carbons (Fsp3) is 0.500. The van der Waals surface area contributed by atoms with E-state index in [1.54, 1.807) is 7.11 Å². The van der Waals surface area contributed by atoms with E-state index in [4.69, 9.17) is 14.6 Å². The molecule has 4 nitrogen and oxygen atoms in total. The summed E-state index contributed by atoms with van der Waals surface area (Å²) in [6.07, 6.45) is 1.47. The molecule has 0 radical (unpaired) electrons. The minimum atomic E-state index is -0.124. The van der Waals surface area contributed by atoms with E-state index in [2.05, 4.69) is 16.7 Å². The average Bonchev–Trinajstić information content (AvgIpc) is 2.93. The van der Waals surface area contributed by atoms with Gasteiger partial charge < -0.3 is 14.6 Å². The van der Waals surface area contributed by atoms with E-state index in [9.17, 15) is 0 Å². The van der Waals surface area contributed by atoms with Gasteiger partial charge in [0.1, 0.15) is 19.0 Å². The molecule has 1 aromatic carbocycles. The van der Waals surface area contributed by atoms with Crippen LogP contribution >= 0.6 is 0 Å². The predicted molar refractivity (Wildman–Crippen MR) is 77.8 cm³/mol. The molecule has 1 heterocycles. The quantitative estimate of drug-likeness (QED) is 0.818. The molecule has 0 saturated carbocycles. The number of methoxy groups -OCH3 is 1. The van der Waals surface area contributed by atoms with Gasteiger partial charge in [0.25, 0.3) is 0 Å². The van der Waals surface area contributed by atoms with Crippen LogP contribution in [-0.4, -0.2) is 56.1 Å². The van der Waals surface area contributed by atoms with Crippen molar-refractivity contribution in [2.45, 2.75) is 12.5 Å². The lowest BCUT2D eigenvalue weighted by molar-refractivity contribution is 0.106. The summed E-state index contributed by atoms with van der Waals surface area (Å²) in [5, 5.41) is 8.68. The Labute approximate surface area is 120 Å². The predicted octanol–water partition coefficient (Wildman–Crippen LogP) is 1.13. The van der Waals surface area contributed by atoms with Gasteiger partial charge in [0.2, 0.25) is 0 Å². The second-order valence-electron chi connectivity index (χ2n) is 4.78. The van der Waals surface area contributed by atoms with E-state index in [1.807, 2.05) is 24.3 Å². The van der Waals surface area contributed by atoms with E-state index in [0.717, 1.165) is 37.4 Å². The van der Waals surface area contributed by atoms with Crippen molar-refractivity contribution < 1.29 is 14.6 Å². The van der Waals surface area contributed by atoms with E-state index in [1.165, 1.54) is 0 Å². The Hall–Kier alpha value is -1.54. The molecule has 1 unspecified atom stereocenters. The second-order valence-corrected chi connectivity index (χ2v) is 4.78. The normalized spacial score (nSPS) is 18.6. The van der Waals surface area contributed by atoms with Crippen molar-refractivity contribution in [3.8, 4) is 17.6 Å². The molecule has 20 heavy (non-hydrogen) atoms. The fourth-order valence-electron chi connectivity index (χ4n) is 2.29. The second kappa shape index (κ2) is 7.91. The van der Waals surface area contributed by atoms with Gasteiger partial charge in [0.05, 0.1) is 6.10 Å². The zero-order valence-electron chi connectivity index (χ0n) is 11.8. The highest BCUT2D eigenvalue weighted by Crippen LogP contribution is 2.14. The molecule has 1 atom stereocenters. The number of hydrogen-bond donors (Lipinski definition) is 1. The molecule has 1 aliphatic rings. The van der Waals surface area contributed by atoms with Crippen LogP contribution in [0.1, 0.15) is 12.0 Å². The maximum Gasteiger partial charge on any atom is 0.120 e. The van der Waals surface area contributed by atoms with Crippen molar-refractivity contribution in [2.24, 2.45) is 0 Å². The van der Waals surface area contributed by atoms with Crippen LogP contribution in [0.3, 0.4) is 0 Å². The fourth-order valence-corrected chi connectivity index (χ4v) is 2.29. The molecule has 4 heteroatoms. The molecule has 1 N–H and O–H groups in total. The zero-order chi connectivity index (χ0) is 14.2. The first-order valence-electron chi connectivity index (χ1n) is 6.89. The van der Waals surface area contributed by atoms with Crippen molar-refractivity contribution in [1.82, 2.24) is 4.90 Å². The summed E-state index contributed by atoms with van der Waals surface area (Å²) < 4.78 is 11.1. The molecule has 0 bridgehead atoms. The third kappa shape index (κ3) is 4.53. The van der Waals surface area contributed by atoms with E-state index >= 15 is 0 Å². The van der Waals surface area contributed by atoms with Crippen molar-refractivity contribution >= 4 is 0 Å². The molecule has 1 aromatic rings. The number of ether oxygens (including phenoxy) is 2. The smallest absolute Gasteiger partial charge is 0.120 e. The minimum absolute atomic E-state index is 0.124. The van der Waals surface area contributed by atoms with Crippen molar-refractivity contribution in [3.63, 3.8) is 0 Å². The minimum Gasteiger partial charge on any atom is -0.492 e. The number of aliphatic hydroxyl groups is 1. The number of hydrogen-bond acceptors (Lipinski definition) is 4. The molecule has 1 saturated heterocycles. The Morgan fingerprint density at radius 2 is 2.35 bits per heavy atom. The maximum atomic E-state index is 8.68. The topological polar surface area (TPSA) is 41.9 Å². The van der Waals surface area contributed by atoms with Crippen LogP contribution in [0.4, 0.5) is 0 Å². The molecule has 0 amide bonds. The van der Waals surface area contributed by atoms with Crippen LogP contribution in [0.15, 0.2) is 24.3 Å². The van der Waals surface area contributed by atoms with Gasteiger partial charge in [-0.2, -0.15) is 0 Å². The molecule has 0 aliphatic carbocycles. The highest BCUT2D eigenvalue weighted by molar-refractivity contribution is 5.39. The highest BCUT2D eigenvalue weighted by Gasteiger charge is 2.21. The van der Waals surface area contributed by atoms with Crippen molar-refractivity contribution in [2.75, 3.05) is 40.0 Å². The molecule has 0 aromatic heterocycles. The summed E-state index contributed by atoms with van der Waals surface area (Å²) >= 11 is 0. The first-order chi connectivity index (χ1) is 9.81. The molecule has 1 aliphatic heterocycles. The van der Waals surface area contributed by atoms with Gasteiger partial charge in [0.15, 0.2) is 0 Å². The average molecular weight is 275 g/mol. The summed E-state index contributed by atoms with van der Waals surface area (Å²) in [5.74, 6) is 6.32. The Morgan fingerprint density at radius 1 is 1.45 bits per heavy atom. The Morgan fingerprint density at radius 3 is 3.10 bits per heavy atom. The van der Waals surface area contributed by atoms with Gasteiger partial charge in [-0.1, -0.05) is 17.9 Å². The lowest BCUT2D eigenvalue weighted by Gasteiger charge is -2.15. The monoisotopic (exact) mass is 275 g/mol. The number of benzene rings is 1. The Balaban J connectivity index is 1.77. The molecule has 1 fully saturated rings. The van der Waals surface area contributed by atoms with E-state index in [-0.39, 0.29) is 6.61 Å². The van der Waals surface area contributed by atoms with Gasteiger partial charge in [0, 0.05) is 32.3 Å². The van der Waals surface area contributed by atoms with E-state index in [0.29, 0.717) is 12.7 Å².